The number of aliphatic hydroxyl groups is 4. The molecule has 19 atom stereocenters. The number of aliphatic hydroxyl groups excluding tert-OH is 4. The van der Waals surface area contributed by atoms with E-state index in [0.29, 0.717) is 31.1 Å². The summed E-state index contributed by atoms with van der Waals surface area (Å²) in [5.41, 5.74) is 0.761. The molecule has 3 fully saturated rings. The van der Waals surface area contributed by atoms with Crippen molar-refractivity contribution >= 4 is 11.8 Å². The van der Waals surface area contributed by atoms with Crippen LogP contribution in [0.15, 0.2) is 23.8 Å². The van der Waals surface area contributed by atoms with Gasteiger partial charge in [0.25, 0.3) is 0 Å². The van der Waals surface area contributed by atoms with E-state index in [1.807, 2.05) is 33.8 Å². The number of piperidine rings is 1. The van der Waals surface area contributed by atoms with Gasteiger partial charge in [-0.25, -0.2) is 0 Å². The molecule has 0 radical (unpaired) electrons. The predicted molar refractivity (Wildman–Crippen MR) is 229 cm³/mol. The van der Waals surface area contributed by atoms with E-state index >= 15 is 0 Å². The molecule has 0 saturated carbocycles. The first-order valence-electron chi connectivity index (χ1n) is 22.6. The van der Waals surface area contributed by atoms with Crippen LogP contribution < -0.4 is 0 Å². The molecule has 4 rings (SSSR count). The number of allylic oxidation sites excluding steroid dienone is 3. The normalized spacial score (nSPS) is 44.3. The molecular weight excluding hydrogens is 789 g/mol. The van der Waals surface area contributed by atoms with E-state index in [2.05, 4.69) is 18.7 Å². The molecule has 4 aliphatic rings. The second kappa shape index (κ2) is 23.9. The first-order valence-corrected chi connectivity index (χ1v) is 22.6. The van der Waals surface area contributed by atoms with Crippen LogP contribution in [0.1, 0.15) is 87.5 Å². The zero-order valence-electron chi connectivity index (χ0n) is 38.9. The Hall–Kier alpha value is -1.86. The maximum absolute atomic E-state index is 14.0. The Morgan fingerprint density at radius 2 is 1.44 bits per heavy atom. The highest BCUT2D eigenvalue weighted by atomic mass is 16.7. The lowest BCUT2D eigenvalue weighted by molar-refractivity contribution is -0.304. The van der Waals surface area contributed by atoms with Crippen molar-refractivity contribution in [2.24, 2.45) is 35.5 Å². The molecule has 0 bridgehead atoms. The lowest BCUT2D eigenvalue weighted by Gasteiger charge is -2.47. The molecule has 0 amide bonds. The van der Waals surface area contributed by atoms with Crippen molar-refractivity contribution in [1.29, 1.82) is 0 Å². The standard InChI is InChI=1S/C46H80N2O13/c1-13-36-33(24-57-46-44(56-12)43(55-11)40(53)31(8)59-46)19-25(2)14-15-34(49)28(5)20-32(16-17-48-22-26(3)18-27(4)23-48)42(29(6)35(50)21-37(51)60-36)61-45-41(54)38(47(9)10)39(52)30(7)58-45/h14-15,19,26-33,35-36,38-46,50,52-54H,13,16-18,20-24H2,1-12H3/b15-14+,25-19+/t26?,27?,28?,29-,30?,31?,32?,33?,35+,36+,38-,39+,40+,41+,42?,43?,44+,45-,46?/m0/s1. The second-order valence-electron chi connectivity index (χ2n) is 18.9. The van der Waals surface area contributed by atoms with E-state index in [1.165, 1.54) is 20.6 Å². The van der Waals surface area contributed by atoms with Gasteiger partial charge < -0.3 is 63.4 Å². The number of nitrogens with zero attached hydrogens (tertiary/aromatic N) is 2. The number of hydrogen-bond donors (Lipinski definition) is 4. The third-order valence-corrected chi connectivity index (χ3v) is 13.5. The van der Waals surface area contributed by atoms with Gasteiger partial charge in [0.05, 0.1) is 49.6 Å². The Labute approximate surface area is 365 Å². The van der Waals surface area contributed by atoms with E-state index in [0.717, 1.165) is 25.2 Å². The van der Waals surface area contributed by atoms with E-state index in [1.54, 1.807) is 45.0 Å². The van der Waals surface area contributed by atoms with Crippen LogP contribution in [0.2, 0.25) is 0 Å². The van der Waals surface area contributed by atoms with Crippen molar-refractivity contribution in [2.75, 3.05) is 54.6 Å². The number of likely N-dealkylation sites (N-methyl/N-ethyl adjacent to an activating group) is 1. The number of hydrogen-bond acceptors (Lipinski definition) is 15. The molecule has 10 unspecified atom stereocenters. The van der Waals surface area contributed by atoms with Crippen LogP contribution in [0, 0.1) is 35.5 Å². The van der Waals surface area contributed by atoms with E-state index < -0.39 is 103 Å². The molecule has 0 aromatic rings. The highest BCUT2D eigenvalue weighted by Crippen LogP contribution is 2.36. The monoisotopic (exact) mass is 869 g/mol. The Kier molecular flexibility index (Phi) is 20.3. The summed E-state index contributed by atoms with van der Waals surface area (Å²) in [4.78, 5) is 32.1. The summed E-state index contributed by atoms with van der Waals surface area (Å²) in [6.45, 7) is 18.2. The molecule has 0 aromatic heterocycles. The third-order valence-electron chi connectivity index (χ3n) is 13.5. The summed E-state index contributed by atoms with van der Waals surface area (Å²) < 4.78 is 42.6. The zero-order valence-corrected chi connectivity index (χ0v) is 38.9. The van der Waals surface area contributed by atoms with Crippen LogP contribution >= 0.6 is 0 Å². The molecule has 15 nitrogen and oxygen atoms in total. The Balaban J connectivity index is 1.68. The molecule has 0 aromatic carbocycles. The van der Waals surface area contributed by atoms with Crippen LogP contribution in [-0.4, -0.2) is 176 Å². The first-order chi connectivity index (χ1) is 28.8. The van der Waals surface area contributed by atoms with Gasteiger partial charge in [-0.3, -0.25) is 9.59 Å². The highest BCUT2D eigenvalue weighted by molar-refractivity contribution is 5.91. The van der Waals surface area contributed by atoms with Gasteiger partial charge in [0, 0.05) is 45.1 Å². The molecule has 61 heavy (non-hydrogen) atoms. The van der Waals surface area contributed by atoms with Crippen LogP contribution in [-0.2, 0) is 42.7 Å². The van der Waals surface area contributed by atoms with Crippen molar-refractivity contribution in [3.05, 3.63) is 23.8 Å². The maximum Gasteiger partial charge on any atom is 0.308 e. The zero-order chi connectivity index (χ0) is 45.3. The fraction of sp³-hybridized carbons (Fsp3) is 0.870. The molecule has 15 heteroatoms. The van der Waals surface area contributed by atoms with Crippen molar-refractivity contribution in [2.45, 2.75) is 167 Å². The minimum atomic E-state index is -1.23. The van der Waals surface area contributed by atoms with E-state index in [-0.39, 0.29) is 24.7 Å². The highest BCUT2D eigenvalue weighted by Gasteiger charge is 2.48. The SMILES string of the molecule is CC[C@H]1OC(=O)C[C@@H](O)[C@H](C)C(O[C@@H]2OC(C)[C@@H](O)[C@H](N(C)C)[C@H]2O)C(CCN2CC(C)CC(C)C2)CC(C)C(=O)/C=C/C(C)=C/C1COC1OC(C)[C@@H](O)C(OC)[C@H]1OC. The number of carbonyl (C=O) groups is 2. The molecule has 4 N–H and O–H groups in total. The summed E-state index contributed by atoms with van der Waals surface area (Å²) in [5.74, 6) is -1.46. The quantitative estimate of drug-likeness (QED) is 0.209. The first kappa shape index (κ1) is 51.8. The topological polar surface area (TPSA) is 186 Å². The number of rotatable bonds is 12. The van der Waals surface area contributed by atoms with Crippen molar-refractivity contribution in [3.8, 4) is 0 Å². The van der Waals surface area contributed by atoms with Gasteiger partial charge in [0.1, 0.15) is 30.5 Å². The number of methoxy groups -OCH3 is 2. The van der Waals surface area contributed by atoms with Crippen molar-refractivity contribution in [1.82, 2.24) is 9.80 Å². The van der Waals surface area contributed by atoms with Crippen LogP contribution in [0.3, 0.4) is 0 Å². The van der Waals surface area contributed by atoms with Gasteiger partial charge in [-0.15, -0.1) is 0 Å². The molecule has 4 aliphatic heterocycles. The number of esters is 1. The number of cyclic esters (lactones) is 1. The van der Waals surface area contributed by atoms with Gasteiger partial charge in [-0.1, -0.05) is 52.3 Å². The van der Waals surface area contributed by atoms with Gasteiger partial charge in [0.2, 0.25) is 0 Å². The molecule has 4 heterocycles. The number of ketones is 1. The lowest BCUT2D eigenvalue weighted by Crippen LogP contribution is -2.63. The van der Waals surface area contributed by atoms with Crippen LogP contribution in [0.25, 0.3) is 0 Å². The maximum atomic E-state index is 14.0. The van der Waals surface area contributed by atoms with Gasteiger partial charge >= 0.3 is 5.97 Å². The number of likely N-dealkylation sites (tertiary alicyclic amines) is 1. The fourth-order valence-electron chi connectivity index (χ4n) is 10.0. The summed E-state index contributed by atoms with van der Waals surface area (Å²) in [6.07, 6.45) is -2.96. The Bertz CT molecular complexity index is 1420. The number of carbonyl (C=O) groups excluding carboxylic acids is 2. The largest absolute Gasteiger partial charge is 0.462 e. The summed E-state index contributed by atoms with van der Waals surface area (Å²) >= 11 is 0. The minimum absolute atomic E-state index is 0.0427. The Morgan fingerprint density at radius 1 is 0.820 bits per heavy atom. The fourth-order valence-corrected chi connectivity index (χ4v) is 10.0. The minimum Gasteiger partial charge on any atom is -0.462 e. The smallest absolute Gasteiger partial charge is 0.308 e. The molecule has 352 valence electrons. The van der Waals surface area contributed by atoms with E-state index in [4.69, 9.17) is 33.2 Å². The summed E-state index contributed by atoms with van der Waals surface area (Å²) in [5, 5.41) is 45.3. The van der Waals surface area contributed by atoms with Crippen LogP contribution in [0.5, 0.6) is 0 Å². The number of ether oxygens (including phenoxy) is 7. The third kappa shape index (κ3) is 13.8. The molecule has 0 spiro atoms. The van der Waals surface area contributed by atoms with E-state index in [9.17, 15) is 30.0 Å². The molecule has 3 saturated heterocycles. The van der Waals surface area contributed by atoms with Gasteiger partial charge in [0.15, 0.2) is 18.4 Å². The van der Waals surface area contributed by atoms with Gasteiger partial charge in [-0.2, -0.15) is 0 Å². The Morgan fingerprint density at radius 3 is 2.05 bits per heavy atom. The molecule has 0 aliphatic carbocycles. The second-order valence-corrected chi connectivity index (χ2v) is 18.9. The molecular formula is C46H80N2O13. The summed E-state index contributed by atoms with van der Waals surface area (Å²) in [7, 11) is 6.54. The lowest BCUT2D eigenvalue weighted by atomic mass is 9.79. The van der Waals surface area contributed by atoms with Crippen LogP contribution in [0.4, 0.5) is 0 Å². The summed E-state index contributed by atoms with van der Waals surface area (Å²) in [6, 6.07) is -0.684. The predicted octanol–water partition coefficient (Wildman–Crippen LogP) is 3.34. The average Bonchev–Trinajstić information content (AvgIpc) is 3.19. The average molecular weight is 869 g/mol. The van der Waals surface area contributed by atoms with Crippen molar-refractivity contribution in [3.63, 3.8) is 0 Å². The van der Waals surface area contributed by atoms with Crippen molar-refractivity contribution < 1.29 is 63.2 Å². The van der Waals surface area contributed by atoms with Gasteiger partial charge in [-0.05, 0) is 90.9 Å².